The molecule has 0 aromatic heterocycles. The number of hydrogen-bond acceptors (Lipinski definition) is 5. The van der Waals surface area contributed by atoms with Crippen molar-refractivity contribution in [3.63, 3.8) is 0 Å². The van der Waals surface area contributed by atoms with E-state index in [1.165, 1.54) is 24.3 Å². The minimum Gasteiger partial charge on any atom is -0.493 e. The van der Waals surface area contributed by atoms with Gasteiger partial charge in [-0.05, 0) is 47.6 Å². The lowest BCUT2D eigenvalue weighted by atomic mass is 9.79. The molecule has 2 aromatic rings. The minimum absolute atomic E-state index is 0. The zero-order valence-corrected chi connectivity index (χ0v) is 21.2. The molecule has 198 valence electrons. The van der Waals surface area contributed by atoms with Gasteiger partial charge in [0.15, 0.2) is 17.4 Å². The van der Waals surface area contributed by atoms with Crippen LogP contribution in [-0.4, -0.2) is 50.5 Å². The molecule has 1 saturated heterocycles. The summed E-state index contributed by atoms with van der Waals surface area (Å²) in [6, 6.07) is 11.1. The lowest BCUT2D eigenvalue weighted by molar-refractivity contribution is -0.190. The number of methoxy groups -OCH3 is 2. The van der Waals surface area contributed by atoms with E-state index in [2.05, 4.69) is 18.7 Å². The first kappa shape index (κ1) is 26.3. The van der Waals surface area contributed by atoms with Crippen molar-refractivity contribution in [2.75, 3.05) is 27.3 Å². The second kappa shape index (κ2) is 10.7. The van der Waals surface area contributed by atoms with E-state index in [0.29, 0.717) is 30.4 Å². The number of carbonyl (C=O) groups is 1. The van der Waals surface area contributed by atoms with E-state index in [1.54, 1.807) is 20.3 Å². The number of esters is 1. The van der Waals surface area contributed by atoms with E-state index in [-0.39, 0.29) is 18.9 Å². The highest BCUT2D eigenvalue weighted by Crippen LogP contribution is 2.45. The van der Waals surface area contributed by atoms with Gasteiger partial charge in [-0.1, -0.05) is 44.2 Å². The van der Waals surface area contributed by atoms with Gasteiger partial charge in [-0.2, -0.15) is 13.2 Å². The maximum atomic E-state index is 14.0. The van der Waals surface area contributed by atoms with Gasteiger partial charge in [-0.15, -0.1) is 0 Å². The summed E-state index contributed by atoms with van der Waals surface area (Å²) in [6.45, 7) is 5.65. The fraction of sp³-hybridized carbons (Fsp3) is 0.536. The van der Waals surface area contributed by atoms with Crippen LogP contribution in [0.5, 0.6) is 11.5 Å². The Morgan fingerprint density at radius 2 is 1.78 bits per heavy atom. The van der Waals surface area contributed by atoms with Crippen LogP contribution in [0.15, 0.2) is 42.5 Å². The lowest BCUT2D eigenvalue weighted by Crippen LogP contribution is -2.50. The van der Waals surface area contributed by atoms with Crippen LogP contribution in [0.3, 0.4) is 0 Å². The number of fused-ring (bicyclic) bond motifs is 3. The first-order valence-corrected chi connectivity index (χ1v) is 12.4. The number of ether oxygens (including phenoxy) is 3. The van der Waals surface area contributed by atoms with Crippen LogP contribution < -0.4 is 9.47 Å². The number of piperidine rings is 1. The van der Waals surface area contributed by atoms with Crippen LogP contribution in [0, 0.1) is 11.8 Å². The van der Waals surface area contributed by atoms with E-state index in [0.717, 1.165) is 30.5 Å². The molecule has 1 fully saturated rings. The Labute approximate surface area is 212 Å². The zero-order valence-electron chi connectivity index (χ0n) is 21.2. The third-order valence-electron chi connectivity index (χ3n) is 7.30. The molecule has 2 aliphatic rings. The molecule has 0 spiro atoms. The Morgan fingerprint density at radius 1 is 1.11 bits per heavy atom. The van der Waals surface area contributed by atoms with Gasteiger partial charge in [0.05, 0.1) is 14.2 Å². The number of alkyl halides is 3. The molecule has 2 aliphatic heterocycles. The molecule has 0 bridgehead atoms. The van der Waals surface area contributed by atoms with Crippen LogP contribution in [0.25, 0.3) is 0 Å². The van der Waals surface area contributed by atoms with Crippen molar-refractivity contribution in [1.82, 2.24) is 4.90 Å². The molecule has 2 aromatic carbocycles. The number of benzene rings is 2. The standard InChI is InChI=1S/C28H34F3NO4.H2/c1-17(2)12-20-16-32-11-10-19-13-24(34-3)25(35-4)14-21(19)22(32)15-23(20)36-27(33)26(28(29,30)31)18-8-6-5-7-9-18;/h5-9,13-14,17,20,22-23,26H,10-12,15-16H2,1-4H3;1H/t20-,22?,23+,26?;/m1./s1. The van der Waals surface area contributed by atoms with Gasteiger partial charge >= 0.3 is 12.1 Å². The number of hydrogen-bond donors (Lipinski definition) is 0. The molecule has 0 N–H and O–H groups in total. The van der Waals surface area contributed by atoms with Crippen molar-refractivity contribution in [1.29, 1.82) is 0 Å². The molecule has 0 radical (unpaired) electrons. The normalized spacial score (nSPS) is 22.9. The quantitative estimate of drug-likeness (QED) is 0.420. The Balaban J connectivity index is 0.00000380. The summed E-state index contributed by atoms with van der Waals surface area (Å²) >= 11 is 0. The summed E-state index contributed by atoms with van der Waals surface area (Å²) in [5, 5.41) is 0. The predicted molar refractivity (Wildman–Crippen MR) is 132 cm³/mol. The molecule has 5 nitrogen and oxygen atoms in total. The van der Waals surface area contributed by atoms with Crippen molar-refractivity contribution in [2.45, 2.75) is 57.3 Å². The maximum absolute atomic E-state index is 14.0. The Bertz CT molecular complexity index is 1060. The molecule has 2 unspecified atom stereocenters. The van der Waals surface area contributed by atoms with E-state index in [9.17, 15) is 18.0 Å². The SMILES string of the molecule is COc1cc2c(cc1OC)C1C[C@H](OC(=O)C(c3ccccc3)C(F)(F)F)[C@H](CC(C)C)CN1CC2.[HH]. The number of carbonyl (C=O) groups excluding carboxylic acids is 1. The number of nitrogens with zero attached hydrogens (tertiary/aromatic N) is 1. The lowest BCUT2D eigenvalue weighted by Gasteiger charge is -2.47. The highest BCUT2D eigenvalue weighted by molar-refractivity contribution is 5.79. The van der Waals surface area contributed by atoms with Gasteiger partial charge in [-0.3, -0.25) is 9.69 Å². The fourth-order valence-corrected chi connectivity index (χ4v) is 5.70. The van der Waals surface area contributed by atoms with Crippen molar-refractivity contribution in [2.24, 2.45) is 11.8 Å². The second-order valence-corrected chi connectivity index (χ2v) is 10.2. The van der Waals surface area contributed by atoms with Gasteiger partial charge in [0.1, 0.15) is 6.10 Å². The third-order valence-corrected chi connectivity index (χ3v) is 7.30. The van der Waals surface area contributed by atoms with Crippen LogP contribution >= 0.6 is 0 Å². The summed E-state index contributed by atoms with van der Waals surface area (Å²) in [5.74, 6) is -2.00. The Kier molecular flexibility index (Phi) is 7.83. The van der Waals surface area contributed by atoms with E-state index in [1.807, 2.05) is 12.1 Å². The number of rotatable bonds is 7. The van der Waals surface area contributed by atoms with Gasteiger partial charge < -0.3 is 14.2 Å². The van der Waals surface area contributed by atoms with Crippen molar-refractivity contribution >= 4 is 5.97 Å². The van der Waals surface area contributed by atoms with Crippen molar-refractivity contribution < 1.29 is 33.6 Å². The van der Waals surface area contributed by atoms with Crippen molar-refractivity contribution in [3.8, 4) is 11.5 Å². The molecule has 4 rings (SSSR count). The summed E-state index contributed by atoms with van der Waals surface area (Å²) < 4.78 is 58.8. The van der Waals surface area contributed by atoms with E-state index >= 15 is 0 Å². The molecular weight excluding hydrogens is 471 g/mol. The first-order chi connectivity index (χ1) is 17.1. The third kappa shape index (κ3) is 5.48. The van der Waals surface area contributed by atoms with Crippen LogP contribution in [0.1, 0.15) is 56.8 Å². The maximum Gasteiger partial charge on any atom is 0.406 e. The molecule has 0 aliphatic carbocycles. The Morgan fingerprint density at radius 3 is 2.39 bits per heavy atom. The van der Waals surface area contributed by atoms with Crippen LogP contribution in [-0.2, 0) is 16.0 Å². The predicted octanol–water partition coefficient (Wildman–Crippen LogP) is 6.17. The average Bonchev–Trinajstić information content (AvgIpc) is 2.83. The van der Waals surface area contributed by atoms with Gasteiger partial charge in [0.25, 0.3) is 0 Å². The largest absolute Gasteiger partial charge is 0.493 e. The smallest absolute Gasteiger partial charge is 0.406 e. The highest BCUT2D eigenvalue weighted by atomic mass is 19.4. The summed E-state index contributed by atoms with van der Waals surface area (Å²) in [7, 11) is 3.17. The first-order valence-electron chi connectivity index (χ1n) is 12.4. The molecular formula is C28H36F3NO4. The van der Waals surface area contributed by atoms with Gasteiger partial charge in [-0.25, -0.2) is 0 Å². The fourth-order valence-electron chi connectivity index (χ4n) is 5.70. The molecule has 4 atom stereocenters. The van der Waals surface area contributed by atoms with E-state index < -0.39 is 24.2 Å². The summed E-state index contributed by atoms with van der Waals surface area (Å²) in [4.78, 5) is 15.5. The molecule has 0 amide bonds. The van der Waals surface area contributed by atoms with Gasteiger partial charge in [0.2, 0.25) is 0 Å². The second-order valence-electron chi connectivity index (χ2n) is 10.2. The summed E-state index contributed by atoms with van der Waals surface area (Å²) in [5.41, 5.74) is 2.07. The topological polar surface area (TPSA) is 48.0 Å². The molecule has 0 saturated carbocycles. The monoisotopic (exact) mass is 507 g/mol. The average molecular weight is 508 g/mol. The summed E-state index contributed by atoms with van der Waals surface area (Å²) in [6.07, 6.45) is -3.32. The highest BCUT2D eigenvalue weighted by Gasteiger charge is 2.49. The van der Waals surface area contributed by atoms with Crippen LogP contribution in [0.2, 0.25) is 0 Å². The minimum atomic E-state index is -4.74. The van der Waals surface area contributed by atoms with E-state index in [4.69, 9.17) is 14.2 Å². The number of halogens is 3. The zero-order chi connectivity index (χ0) is 26.0. The Hall–Kier alpha value is -2.74. The molecule has 36 heavy (non-hydrogen) atoms. The van der Waals surface area contributed by atoms with Crippen molar-refractivity contribution in [3.05, 3.63) is 59.2 Å². The van der Waals surface area contributed by atoms with Gasteiger partial charge in [0, 0.05) is 32.9 Å². The molecule has 8 heteroatoms. The molecule has 2 heterocycles. The van der Waals surface area contributed by atoms with Crippen LogP contribution in [0.4, 0.5) is 13.2 Å².